The van der Waals surface area contributed by atoms with Crippen molar-refractivity contribution in [1.82, 2.24) is 4.98 Å². The largest absolute Gasteiger partial charge is 0.493 e. The van der Waals surface area contributed by atoms with Crippen molar-refractivity contribution in [2.75, 3.05) is 11.9 Å². The number of aromatic nitrogens is 1. The molecule has 1 aliphatic rings. The van der Waals surface area contributed by atoms with Gasteiger partial charge in [0, 0.05) is 11.3 Å². The lowest BCUT2D eigenvalue weighted by Crippen LogP contribution is -2.31. The molecule has 1 heterocycles. The molecule has 0 radical (unpaired) electrons. The molecule has 0 saturated carbocycles. The fraction of sp³-hybridized carbons (Fsp3) is 0.545. The molecule has 0 fully saturated rings. The number of hydrogen-bond acceptors (Lipinski definition) is 4. The van der Waals surface area contributed by atoms with E-state index in [0.717, 1.165) is 43.7 Å². The summed E-state index contributed by atoms with van der Waals surface area (Å²) in [5, 5.41) is 5.65. The highest BCUT2D eigenvalue weighted by Gasteiger charge is 2.30. The van der Waals surface area contributed by atoms with Crippen molar-refractivity contribution < 1.29 is 9.53 Å². The van der Waals surface area contributed by atoms with Crippen molar-refractivity contribution in [2.45, 2.75) is 60.3 Å². The maximum absolute atomic E-state index is 12.7. The first-order valence-corrected chi connectivity index (χ1v) is 10.8. The molecule has 2 unspecified atom stereocenters. The minimum Gasteiger partial charge on any atom is -0.493 e. The highest BCUT2D eigenvalue weighted by atomic mass is 32.1. The molecule has 1 aromatic carbocycles. The number of nitrogens with one attached hydrogen (secondary N) is 1. The molecule has 27 heavy (non-hydrogen) atoms. The van der Waals surface area contributed by atoms with Crippen LogP contribution in [-0.2, 0) is 17.6 Å². The van der Waals surface area contributed by atoms with E-state index in [-0.39, 0.29) is 11.8 Å². The summed E-state index contributed by atoms with van der Waals surface area (Å²) in [6.07, 6.45) is 4.03. The first-order chi connectivity index (χ1) is 12.9. The minimum atomic E-state index is -0.0396. The fourth-order valence-electron chi connectivity index (χ4n) is 3.96. The van der Waals surface area contributed by atoms with Crippen molar-refractivity contribution in [3.8, 4) is 5.75 Å². The average Bonchev–Trinajstić information content (AvgIpc) is 3.07. The Bertz CT molecular complexity index is 828. The van der Waals surface area contributed by atoms with Crippen LogP contribution in [0.4, 0.5) is 5.13 Å². The summed E-state index contributed by atoms with van der Waals surface area (Å²) < 4.78 is 5.97. The van der Waals surface area contributed by atoms with Gasteiger partial charge in [-0.05, 0) is 80.7 Å². The predicted octanol–water partition coefficient (Wildman–Crippen LogP) is 5.24. The molecule has 5 heteroatoms. The van der Waals surface area contributed by atoms with Crippen molar-refractivity contribution >= 4 is 22.4 Å². The summed E-state index contributed by atoms with van der Waals surface area (Å²) in [4.78, 5) is 17.1. The normalized spacial score (nSPS) is 17.3. The van der Waals surface area contributed by atoms with Gasteiger partial charge in [0.15, 0.2) is 5.13 Å². The highest BCUT2D eigenvalue weighted by molar-refractivity contribution is 7.13. The third kappa shape index (κ3) is 4.34. The molecule has 2 atom stereocenters. The Labute approximate surface area is 166 Å². The van der Waals surface area contributed by atoms with Gasteiger partial charge in [-0.15, -0.1) is 11.3 Å². The van der Waals surface area contributed by atoms with E-state index in [4.69, 9.17) is 4.74 Å². The minimum absolute atomic E-state index is 0.0396. The average molecular weight is 387 g/mol. The second-order valence-corrected chi connectivity index (χ2v) is 8.56. The second kappa shape index (κ2) is 8.42. The predicted molar refractivity (Wildman–Crippen MR) is 112 cm³/mol. The standard InChI is InChI=1S/C22H30N2O2S/c1-6-9-26-20-10-13(2)18-8-7-17(11-19(18)16(20)5)15(4)21(25)24-22-23-14(3)12-27-22/h10,12,15,17H,6-9,11H2,1-5H3,(H,23,24,25). The maximum atomic E-state index is 12.7. The van der Waals surface area contributed by atoms with Gasteiger partial charge in [0.05, 0.1) is 12.3 Å². The van der Waals surface area contributed by atoms with E-state index in [9.17, 15) is 4.79 Å². The zero-order chi connectivity index (χ0) is 19.6. The number of fused-ring (bicyclic) bond motifs is 1. The summed E-state index contributed by atoms with van der Waals surface area (Å²) in [7, 11) is 0. The van der Waals surface area contributed by atoms with Gasteiger partial charge in [0.1, 0.15) is 5.75 Å². The highest BCUT2D eigenvalue weighted by Crippen LogP contribution is 2.38. The molecule has 0 bridgehead atoms. The van der Waals surface area contributed by atoms with Gasteiger partial charge in [-0.2, -0.15) is 0 Å². The Morgan fingerprint density at radius 1 is 1.37 bits per heavy atom. The Hall–Kier alpha value is -1.88. The van der Waals surface area contributed by atoms with Gasteiger partial charge < -0.3 is 10.1 Å². The lowest BCUT2D eigenvalue weighted by molar-refractivity contribution is -0.121. The zero-order valence-corrected chi connectivity index (χ0v) is 17.8. The number of aryl methyl sites for hydroxylation is 2. The second-order valence-electron chi connectivity index (χ2n) is 7.70. The molecule has 1 aromatic heterocycles. The molecule has 146 valence electrons. The van der Waals surface area contributed by atoms with Crippen LogP contribution < -0.4 is 10.1 Å². The molecular weight excluding hydrogens is 356 g/mol. The van der Waals surface area contributed by atoms with Crippen LogP contribution in [0.25, 0.3) is 0 Å². The number of carbonyl (C=O) groups excluding carboxylic acids is 1. The molecule has 0 spiro atoms. The summed E-state index contributed by atoms with van der Waals surface area (Å²) in [5.74, 6) is 1.38. The number of anilines is 1. The Morgan fingerprint density at radius 2 is 2.15 bits per heavy atom. The quantitative estimate of drug-likeness (QED) is 0.739. The summed E-state index contributed by atoms with van der Waals surface area (Å²) in [6, 6.07) is 2.19. The lowest BCUT2D eigenvalue weighted by Gasteiger charge is -2.31. The van der Waals surface area contributed by atoms with Crippen molar-refractivity contribution in [3.63, 3.8) is 0 Å². The van der Waals surface area contributed by atoms with Gasteiger partial charge in [0.2, 0.25) is 5.91 Å². The van der Waals surface area contributed by atoms with Crippen LogP contribution in [0.1, 0.15) is 54.6 Å². The number of nitrogens with zero attached hydrogens (tertiary/aromatic N) is 1. The first kappa shape index (κ1) is 19.9. The number of benzene rings is 1. The SMILES string of the molecule is CCCOc1cc(C)c2c(c1C)CC(C(C)C(=O)Nc1nc(C)cs1)CC2. The van der Waals surface area contributed by atoms with Gasteiger partial charge >= 0.3 is 0 Å². The number of ether oxygens (including phenoxy) is 1. The monoisotopic (exact) mass is 386 g/mol. The molecule has 1 N–H and O–H groups in total. The van der Waals surface area contributed by atoms with Crippen LogP contribution >= 0.6 is 11.3 Å². The summed E-state index contributed by atoms with van der Waals surface area (Å²) >= 11 is 1.48. The van der Waals surface area contributed by atoms with Crippen LogP contribution in [0.3, 0.4) is 0 Å². The van der Waals surface area contributed by atoms with Crippen molar-refractivity contribution in [3.05, 3.63) is 39.4 Å². The molecule has 0 saturated heterocycles. The first-order valence-electron chi connectivity index (χ1n) is 9.88. The summed E-state index contributed by atoms with van der Waals surface area (Å²) in [5.41, 5.74) is 6.35. The fourth-order valence-corrected chi connectivity index (χ4v) is 4.65. The van der Waals surface area contributed by atoms with E-state index in [2.05, 4.69) is 37.1 Å². The molecule has 3 rings (SSSR count). The van der Waals surface area contributed by atoms with Crippen molar-refractivity contribution in [2.24, 2.45) is 11.8 Å². The van der Waals surface area contributed by atoms with E-state index >= 15 is 0 Å². The Balaban J connectivity index is 1.76. The molecule has 2 aromatic rings. The van der Waals surface area contributed by atoms with Gasteiger partial charge in [0.25, 0.3) is 0 Å². The van der Waals surface area contributed by atoms with E-state index in [1.165, 1.54) is 33.6 Å². The number of amides is 1. The molecule has 0 aliphatic heterocycles. The third-order valence-electron chi connectivity index (χ3n) is 5.67. The molecule has 4 nitrogen and oxygen atoms in total. The molecular formula is C22H30N2O2S. The number of rotatable bonds is 6. The van der Waals surface area contributed by atoms with Crippen molar-refractivity contribution in [1.29, 1.82) is 0 Å². The van der Waals surface area contributed by atoms with Crippen LogP contribution in [0, 0.1) is 32.6 Å². The smallest absolute Gasteiger partial charge is 0.229 e. The summed E-state index contributed by atoms with van der Waals surface area (Å²) in [6.45, 7) is 11.2. The Kier molecular flexibility index (Phi) is 6.20. The van der Waals surface area contributed by atoms with Gasteiger partial charge in [-0.3, -0.25) is 4.79 Å². The van der Waals surface area contributed by atoms with Crippen LogP contribution in [-0.4, -0.2) is 17.5 Å². The van der Waals surface area contributed by atoms with E-state index in [1.807, 2.05) is 19.2 Å². The van der Waals surface area contributed by atoms with Gasteiger partial charge in [-0.1, -0.05) is 13.8 Å². The Morgan fingerprint density at radius 3 is 2.81 bits per heavy atom. The molecule has 1 amide bonds. The maximum Gasteiger partial charge on any atom is 0.229 e. The van der Waals surface area contributed by atoms with E-state index in [0.29, 0.717) is 11.0 Å². The zero-order valence-electron chi connectivity index (χ0n) is 17.0. The molecule has 1 aliphatic carbocycles. The van der Waals surface area contributed by atoms with Crippen LogP contribution in [0.2, 0.25) is 0 Å². The van der Waals surface area contributed by atoms with Crippen LogP contribution in [0.15, 0.2) is 11.4 Å². The van der Waals surface area contributed by atoms with E-state index in [1.54, 1.807) is 0 Å². The number of thiazole rings is 1. The number of carbonyl (C=O) groups is 1. The topological polar surface area (TPSA) is 51.2 Å². The van der Waals surface area contributed by atoms with Crippen LogP contribution in [0.5, 0.6) is 5.75 Å². The van der Waals surface area contributed by atoms with E-state index < -0.39 is 0 Å². The van der Waals surface area contributed by atoms with Gasteiger partial charge in [-0.25, -0.2) is 4.98 Å². The third-order valence-corrected chi connectivity index (χ3v) is 6.55. The number of hydrogen-bond donors (Lipinski definition) is 1. The lowest BCUT2D eigenvalue weighted by atomic mass is 9.75.